The van der Waals surface area contributed by atoms with Crippen LogP contribution in [0.5, 0.6) is 17.2 Å². The summed E-state index contributed by atoms with van der Waals surface area (Å²) < 4.78 is 25.0. The molecule has 9 heteroatoms. The molecule has 204 valence electrons. The lowest BCUT2D eigenvalue weighted by Crippen LogP contribution is -2.27. The van der Waals surface area contributed by atoms with Gasteiger partial charge in [-0.05, 0) is 48.1 Å². The first-order valence-electron chi connectivity index (χ1n) is 11.9. The molecule has 0 bridgehead atoms. The lowest BCUT2D eigenvalue weighted by Gasteiger charge is -2.16. The maximum Gasteiger partial charge on any atom is 0.330 e. The van der Waals surface area contributed by atoms with Crippen molar-refractivity contribution in [3.05, 3.63) is 47.9 Å². The number of hydrogen-bond donors (Lipinski definition) is 1. The summed E-state index contributed by atoms with van der Waals surface area (Å²) in [5, 5.41) is 9.64. The summed E-state index contributed by atoms with van der Waals surface area (Å²) in [4.78, 5) is 34.5. The predicted octanol–water partition coefficient (Wildman–Crippen LogP) is 4.75. The number of esters is 1. The Labute approximate surface area is 218 Å². The van der Waals surface area contributed by atoms with E-state index in [9.17, 15) is 19.5 Å². The van der Waals surface area contributed by atoms with Crippen molar-refractivity contribution in [3.63, 3.8) is 0 Å². The van der Waals surface area contributed by atoms with Gasteiger partial charge < -0.3 is 28.5 Å². The third-order valence-corrected chi connectivity index (χ3v) is 5.52. The summed E-state index contributed by atoms with van der Waals surface area (Å²) in [5.41, 5.74) is 1.32. The Morgan fingerprint density at radius 3 is 2.08 bits per heavy atom. The summed E-state index contributed by atoms with van der Waals surface area (Å²) in [5.74, 6) is 1.06. The molecule has 2 atom stereocenters. The van der Waals surface area contributed by atoms with E-state index in [2.05, 4.69) is 4.74 Å². The summed E-state index contributed by atoms with van der Waals surface area (Å²) >= 11 is 0. The molecule has 0 amide bonds. The molecule has 0 aliphatic carbocycles. The average molecular weight is 519 g/mol. The summed E-state index contributed by atoms with van der Waals surface area (Å²) in [6.45, 7) is 5.55. The van der Waals surface area contributed by atoms with Gasteiger partial charge in [-0.3, -0.25) is 9.59 Å². The van der Waals surface area contributed by atoms with E-state index in [4.69, 9.17) is 18.6 Å². The minimum atomic E-state index is -0.896. The van der Waals surface area contributed by atoms with Gasteiger partial charge in [-0.15, -0.1) is 0 Å². The van der Waals surface area contributed by atoms with Crippen LogP contribution < -0.4 is 14.2 Å². The van der Waals surface area contributed by atoms with Crippen LogP contribution in [0.15, 0.2) is 41.2 Å². The topological polar surface area (TPSA) is 122 Å². The lowest BCUT2D eigenvalue weighted by atomic mass is 9.92. The van der Waals surface area contributed by atoms with Gasteiger partial charge in [-0.2, -0.15) is 0 Å². The van der Waals surface area contributed by atoms with Crippen molar-refractivity contribution < 1.29 is 42.9 Å². The first kappa shape index (κ1) is 31.4. The van der Waals surface area contributed by atoms with Gasteiger partial charge in [0.05, 0.1) is 40.3 Å². The van der Waals surface area contributed by atoms with Gasteiger partial charge in [0.25, 0.3) is 0 Å². The van der Waals surface area contributed by atoms with Crippen molar-refractivity contribution in [2.45, 2.75) is 46.1 Å². The van der Waals surface area contributed by atoms with Gasteiger partial charge in [0.2, 0.25) is 5.75 Å². The van der Waals surface area contributed by atoms with Crippen LogP contribution in [0.2, 0.25) is 0 Å². The van der Waals surface area contributed by atoms with Crippen LogP contribution in [-0.2, 0) is 14.3 Å². The van der Waals surface area contributed by atoms with Crippen molar-refractivity contribution in [3.8, 4) is 17.2 Å². The van der Waals surface area contributed by atoms with Crippen molar-refractivity contribution >= 4 is 23.6 Å². The molecule has 0 saturated carbocycles. The maximum atomic E-state index is 11.7. The number of methoxy groups -OCH3 is 4. The van der Waals surface area contributed by atoms with E-state index >= 15 is 0 Å². The van der Waals surface area contributed by atoms with Crippen molar-refractivity contribution in [2.24, 2.45) is 11.8 Å². The number of Topliss-reactive ketones (excluding diaryl/α,β-unsaturated/α-hetero) is 2. The van der Waals surface area contributed by atoms with Crippen LogP contribution >= 0.6 is 0 Å². The van der Waals surface area contributed by atoms with E-state index in [1.807, 2.05) is 20.8 Å². The van der Waals surface area contributed by atoms with E-state index < -0.39 is 12.1 Å². The molecule has 1 aromatic carbocycles. The van der Waals surface area contributed by atoms with Crippen LogP contribution in [0, 0.1) is 11.8 Å². The summed E-state index contributed by atoms with van der Waals surface area (Å²) in [7, 11) is 5.92. The highest BCUT2D eigenvalue weighted by molar-refractivity contribution is 5.95. The fourth-order valence-electron chi connectivity index (χ4n) is 3.31. The van der Waals surface area contributed by atoms with Gasteiger partial charge in [0, 0.05) is 18.9 Å². The molecule has 9 nitrogen and oxygen atoms in total. The smallest absolute Gasteiger partial charge is 0.330 e. The zero-order chi connectivity index (χ0) is 28.0. The Hall–Kier alpha value is -3.59. The third-order valence-electron chi connectivity index (χ3n) is 5.52. The molecule has 37 heavy (non-hydrogen) atoms. The molecule has 0 spiro atoms. The molecule has 2 rings (SSSR count). The maximum absolute atomic E-state index is 11.7. The van der Waals surface area contributed by atoms with Crippen molar-refractivity contribution in [2.75, 3.05) is 28.4 Å². The van der Waals surface area contributed by atoms with Gasteiger partial charge in [0.15, 0.2) is 23.1 Å². The number of aliphatic hydroxyl groups is 1. The van der Waals surface area contributed by atoms with E-state index in [1.54, 1.807) is 24.3 Å². The highest BCUT2D eigenvalue weighted by Gasteiger charge is 2.21. The van der Waals surface area contributed by atoms with Gasteiger partial charge in [-0.25, -0.2) is 4.79 Å². The van der Waals surface area contributed by atoms with Crippen LogP contribution in [0.25, 0.3) is 6.08 Å². The van der Waals surface area contributed by atoms with Crippen LogP contribution in [-0.4, -0.2) is 57.2 Å². The van der Waals surface area contributed by atoms with Gasteiger partial charge >= 0.3 is 5.97 Å². The molecule has 0 aliphatic rings. The second kappa shape index (κ2) is 16.2. The van der Waals surface area contributed by atoms with Crippen LogP contribution in [0.3, 0.4) is 0 Å². The number of carbonyl (C=O) groups is 3. The predicted molar refractivity (Wildman–Crippen MR) is 139 cm³/mol. The van der Waals surface area contributed by atoms with Gasteiger partial charge in [-0.1, -0.05) is 20.8 Å². The molecule has 0 radical (unpaired) electrons. The number of rotatable bonds is 13. The lowest BCUT2D eigenvalue weighted by molar-refractivity contribution is -0.134. The van der Waals surface area contributed by atoms with Crippen molar-refractivity contribution in [1.29, 1.82) is 0 Å². The first-order chi connectivity index (χ1) is 17.6. The van der Waals surface area contributed by atoms with E-state index in [1.165, 1.54) is 47.0 Å². The Morgan fingerprint density at radius 1 is 1.00 bits per heavy atom. The number of benzene rings is 1. The summed E-state index contributed by atoms with van der Waals surface area (Å²) in [6.07, 6.45) is 6.29. The summed E-state index contributed by atoms with van der Waals surface area (Å²) in [6, 6.07) is 5.11. The average Bonchev–Trinajstić information content (AvgIpc) is 3.44. The molecule has 0 saturated heterocycles. The number of ether oxygens (including phenoxy) is 4. The normalized spacial score (nSPS) is 12.4. The Bertz CT molecular complexity index is 997. The molecule has 0 fully saturated rings. The van der Waals surface area contributed by atoms with E-state index in [0.717, 1.165) is 5.56 Å². The van der Waals surface area contributed by atoms with Crippen molar-refractivity contribution in [1.82, 2.24) is 0 Å². The monoisotopic (exact) mass is 518 g/mol. The molecule has 0 aliphatic heterocycles. The van der Waals surface area contributed by atoms with E-state index in [0.29, 0.717) is 42.1 Å². The Balaban J connectivity index is 0.000000371. The Morgan fingerprint density at radius 2 is 1.62 bits per heavy atom. The Kier molecular flexibility index (Phi) is 13.8. The molecule has 1 heterocycles. The van der Waals surface area contributed by atoms with Crippen LogP contribution in [0.1, 0.15) is 56.0 Å². The van der Waals surface area contributed by atoms with E-state index in [-0.39, 0.29) is 23.4 Å². The first-order valence-corrected chi connectivity index (χ1v) is 11.9. The highest BCUT2D eigenvalue weighted by atomic mass is 16.5. The molecule has 1 N–H and O–H groups in total. The van der Waals surface area contributed by atoms with Gasteiger partial charge in [0.1, 0.15) is 12.4 Å². The fraction of sp³-hybridized carbons (Fsp3) is 0.464. The molecule has 2 unspecified atom stereocenters. The zero-order valence-corrected chi connectivity index (χ0v) is 22.6. The third kappa shape index (κ3) is 10.5. The minimum Gasteiger partial charge on any atom is -0.493 e. The molecule has 2 aromatic rings. The number of carbonyl (C=O) groups excluding carboxylic acids is 3. The quantitative estimate of drug-likeness (QED) is 0.227. The SMILES string of the molecule is CC(CCC(=O)c1ccoc1)CC(=O)C(O)C(C)C.COC(=O)/C=C/c1cc(OC)c(OC)c(OC)c1. The number of furan rings is 1. The zero-order valence-electron chi connectivity index (χ0n) is 22.6. The minimum absolute atomic E-state index is 0.0254. The standard InChI is InChI=1S/C15H22O4.C13H16O5/c1-10(2)15(18)14(17)8-11(3)4-5-13(16)12-6-7-19-9-12;1-15-10-7-9(5-6-12(14)17-3)8-11(16-2)13(10)18-4/h6-7,9-11,15,18H,4-5,8H2,1-3H3;5-8H,1-4H3/b;6-5+. The number of ketones is 2. The fourth-order valence-corrected chi connectivity index (χ4v) is 3.31. The second-order valence-electron chi connectivity index (χ2n) is 8.75. The number of aliphatic hydroxyl groups excluding tert-OH is 1. The molecular formula is C28H38O9. The largest absolute Gasteiger partial charge is 0.493 e. The molecular weight excluding hydrogens is 480 g/mol. The number of hydrogen-bond acceptors (Lipinski definition) is 9. The second-order valence-corrected chi connectivity index (χ2v) is 8.75. The highest BCUT2D eigenvalue weighted by Crippen LogP contribution is 2.38. The van der Waals surface area contributed by atoms with Crippen LogP contribution in [0.4, 0.5) is 0 Å². The molecule has 1 aromatic heterocycles.